The average Bonchev–Trinajstić information content (AvgIpc) is 3.27. The van der Waals surface area contributed by atoms with Gasteiger partial charge in [0.1, 0.15) is 0 Å². The number of likely N-dealkylation sites (tertiary alicyclic amines) is 1. The van der Waals surface area contributed by atoms with E-state index in [0.717, 1.165) is 36.6 Å². The molecule has 0 spiro atoms. The van der Waals surface area contributed by atoms with Crippen molar-refractivity contribution >= 4 is 29.7 Å². The average molecular weight is 378 g/mol. The van der Waals surface area contributed by atoms with E-state index in [1.54, 1.807) is 11.3 Å². The number of rotatable bonds is 4. The minimum atomic E-state index is 0. The lowest BCUT2D eigenvalue weighted by molar-refractivity contribution is -0.129. The second-order valence-corrected chi connectivity index (χ2v) is 7.98. The molecule has 3 unspecified atom stereocenters. The highest BCUT2D eigenvalue weighted by atomic mass is 35.5. The van der Waals surface area contributed by atoms with Gasteiger partial charge >= 0.3 is 0 Å². The number of hydrogen-bond acceptors (Lipinski definition) is 4. The first-order valence-corrected chi connectivity index (χ1v) is 9.57. The number of nitrogens with two attached hydrogens (primary N) is 1. The Hall–Kier alpha value is -1.43. The first-order valence-electron chi connectivity index (χ1n) is 8.69. The third-order valence-corrected chi connectivity index (χ3v) is 6.29. The third kappa shape index (κ3) is 4.05. The predicted molar refractivity (Wildman–Crippen MR) is 103 cm³/mol. The van der Waals surface area contributed by atoms with E-state index in [2.05, 4.69) is 17.1 Å². The van der Waals surface area contributed by atoms with Crippen LogP contribution in [0.4, 0.5) is 0 Å². The summed E-state index contributed by atoms with van der Waals surface area (Å²) in [6.07, 6.45) is 3.54. The number of carbonyl (C=O) groups excluding carboxylic acids is 1. The fourth-order valence-corrected chi connectivity index (χ4v) is 4.89. The number of benzene rings is 1. The van der Waals surface area contributed by atoms with E-state index in [9.17, 15) is 4.79 Å². The van der Waals surface area contributed by atoms with E-state index in [0.29, 0.717) is 18.3 Å². The number of aromatic nitrogens is 1. The summed E-state index contributed by atoms with van der Waals surface area (Å²) in [5, 5.41) is 3.10. The highest BCUT2D eigenvalue weighted by Crippen LogP contribution is 2.37. The monoisotopic (exact) mass is 377 g/mol. The van der Waals surface area contributed by atoms with Crippen molar-refractivity contribution in [2.45, 2.75) is 31.7 Å². The maximum Gasteiger partial charge on any atom is 0.228 e. The molecule has 1 aliphatic carbocycles. The van der Waals surface area contributed by atoms with Crippen LogP contribution in [0.2, 0.25) is 0 Å². The maximum atomic E-state index is 12.6. The summed E-state index contributed by atoms with van der Waals surface area (Å²) in [6.45, 7) is 1.73. The van der Waals surface area contributed by atoms with Crippen LogP contribution < -0.4 is 5.73 Å². The number of carbonyl (C=O) groups is 1. The summed E-state index contributed by atoms with van der Waals surface area (Å²) in [6, 6.07) is 10.6. The quantitative estimate of drug-likeness (QED) is 0.891. The number of thiazole rings is 1. The summed E-state index contributed by atoms with van der Waals surface area (Å²) in [5.74, 6) is 1.33. The van der Waals surface area contributed by atoms with E-state index < -0.39 is 0 Å². The third-order valence-electron chi connectivity index (χ3n) is 5.39. The van der Waals surface area contributed by atoms with Gasteiger partial charge < -0.3 is 10.6 Å². The standard InChI is InChI=1S/C19H23N3OS.ClH/c20-17-7-6-14-10-22(11-16(14)17)19(23)9-15-12-24-18(21-15)8-13-4-2-1-3-5-13;/h1-5,12,14,16-17H,6-11,20H2;1H. The Morgan fingerprint density at radius 3 is 2.80 bits per heavy atom. The van der Waals surface area contributed by atoms with Crippen molar-refractivity contribution in [3.63, 3.8) is 0 Å². The highest BCUT2D eigenvalue weighted by Gasteiger charge is 2.42. The summed E-state index contributed by atoms with van der Waals surface area (Å²) in [5.41, 5.74) is 8.32. The summed E-state index contributed by atoms with van der Waals surface area (Å²) >= 11 is 1.64. The van der Waals surface area contributed by atoms with Gasteiger partial charge in [0.25, 0.3) is 0 Å². The number of fused-ring (bicyclic) bond motifs is 1. The molecule has 2 aromatic rings. The van der Waals surface area contributed by atoms with Crippen molar-refractivity contribution in [2.75, 3.05) is 13.1 Å². The molecule has 4 rings (SSSR count). The molecular weight excluding hydrogens is 354 g/mol. The van der Waals surface area contributed by atoms with E-state index in [-0.39, 0.29) is 24.4 Å². The van der Waals surface area contributed by atoms with Crippen LogP contribution >= 0.6 is 23.7 Å². The van der Waals surface area contributed by atoms with Gasteiger partial charge in [-0.2, -0.15) is 0 Å². The minimum Gasteiger partial charge on any atom is -0.342 e. The maximum absolute atomic E-state index is 12.6. The first kappa shape index (κ1) is 18.4. The lowest BCUT2D eigenvalue weighted by Crippen LogP contribution is -2.34. The van der Waals surface area contributed by atoms with Crippen molar-refractivity contribution in [3.8, 4) is 0 Å². The Labute approximate surface area is 158 Å². The normalized spacial score (nSPS) is 24.8. The topological polar surface area (TPSA) is 59.2 Å². The van der Waals surface area contributed by atoms with Gasteiger partial charge in [-0.1, -0.05) is 30.3 Å². The van der Waals surface area contributed by atoms with Crippen LogP contribution in [-0.4, -0.2) is 34.9 Å². The Bertz CT molecular complexity index is 720. The van der Waals surface area contributed by atoms with Crippen LogP contribution in [0.25, 0.3) is 0 Å². The molecule has 0 bridgehead atoms. The molecule has 2 aliphatic rings. The van der Waals surface area contributed by atoms with Gasteiger partial charge in [0.05, 0.1) is 17.1 Å². The van der Waals surface area contributed by atoms with Gasteiger partial charge in [-0.25, -0.2) is 4.98 Å². The summed E-state index contributed by atoms with van der Waals surface area (Å²) in [7, 11) is 0. The largest absolute Gasteiger partial charge is 0.342 e. The SMILES string of the molecule is Cl.NC1CCC2CN(C(=O)Cc3csc(Cc4ccccc4)n3)CC12. The Kier molecular flexibility index (Phi) is 5.77. The van der Waals surface area contributed by atoms with Crippen molar-refractivity contribution < 1.29 is 4.79 Å². The zero-order valence-electron chi connectivity index (χ0n) is 14.1. The predicted octanol–water partition coefficient (Wildman–Crippen LogP) is 2.89. The van der Waals surface area contributed by atoms with E-state index in [1.807, 2.05) is 28.5 Å². The lowest BCUT2D eigenvalue weighted by atomic mass is 9.98. The van der Waals surface area contributed by atoms with Crippen LogP contribution in [0, 0.1) is 11.8 Å². The van der Waals surface area contributed by atoms with E-state index in [4.69, 9.17) is 5.73 Å². The number of halogens is 1. The van der Waals surface area contributed by atoms with Gasteiger partial charge in [0.15, 0.2) is 0 Å². The Morgan fingerprint density at radius 2 is 2.04 bits per heavy atom. The second-order valence-electron chi connectivity index (χ2n) is 7.04. The van der Waals surface area contributed by atoms with Gasteiger partial charge in [-0.05, 0) is 30.2 Å². The lowest BCUT2D eigenvalue weighted by Gasteiger charge is -2.18. The van der Waals surface area contributed by atoms with Crippen LogP contribution in [0.15, 0.2) is 35.7 Å². The molecule has 0 radical (unpaired) electrons. The van der Waals surface area contributed by atoms with Gasteiger partial charge in [0, 0.05) is 30.9 Å². The molecule has 134 valence electrons. The molecule has 1 aromatic carbocycles. The number of amides is 1. The molecule has 1 amide bonds. The van der Waals surface area contributed by atoms with Crippen LogP contribution in [-0.2, 0) is 17.6 Å². The van der Waals surface area contributed by atoms with Crippen molar-refractivity contribution in [1.29, 1.82) is 0 Å². The summed E-state index contributed by atoms with van der Waals surface area (Å²) < 4.78 is 0. The van der Waals surface area contributed by atoms with Crippen LogP contribution in [0.3, 0.4) is 0 Å². The molecule has 1 saturated carbocycles. The molecule has 25 heavy (non-hydrogen) atoms. The van der Waals surface area contributed by atoms with Crippen molar-refractivity contribution in [3.05, 3.63) is 52.0 Å². The van der Waals surface area contributed by atoms with Gasteiger partial charge in [0.2, 0.25) is 5.91 Å². The smallest absolute Gasteiger partial charge is 0.228 e. The molecule has 2 fully saturated rings. The molecule has 2 heterocycles. The number of hydrogen-bond donors (Lipinski definition) is 1. The zero-order valence-corrected chi connectivity index (χ0v) is 15.8. The van der Waals surface area contributed by atoms with Crippen molar-refractivity contribution in [1.82, 2.24) is 9.88 Å². The van der Waals surface area contributed by atoms with E-state index >= 15 is 0 Å². The fraction of sp³-hybridized carbons (Fsp3) is 0.474. The summed E-state index contributed by atoms with van der Waals surface area (Å²) in [4.78, 5) is 19.2. The first-order chi connectivity index (χ1) is 11.7. The van der Waals surface area contributed by atoms with Crippen molar-refractivity contribution in [2.24, 2.45) is 17.6 Å². The molecule has 2 N–H and O–H groups in total. The second kappa shape index (κ2) is 7.85. The highest BCUT2D eigenvalue weighted by molar-refractivity contribution is 7.09. The molecule has 6 heteroatoms. The van der Waals surface area contributed by atoms with Crippen LogP contribution in [0.1, 0.15) is 29.1 Å². The van der Waals surface area contributed by atoms with Gasteiger partial charge in [-0.15, -0.1) is 23.7 Å². The fourth-order valence-electron chi connectivity index (χ4n) is 4.06. The number of nitrogens with zero attached hydrogens (tertiary/aromatic N) is 2. The molecule has 3 atom stereocenters. The van der Waals surface area contributed by atoms with Gasteiger partial charge in [-0.3, -0.25) is 4.79 Å². The molecule has 1 aliphatic heterocycles. The Balaban J connectivity index is 0.00000182. The van der Waals surface area contributed by atoms with E-state index in [1.165, 1.54) is 12.0 Å². The molecule has 1 saturated heterocycles. The molecule has 1 aromatic heterocycles. The minimum absolute atomic E-state index is 0. The van der Waals surface area contributed by atoms with Crippen LogP contribution in [0.5, 0.6) is 0 Å². The molecule has 4 nitrogen and oxygen atoms in total. The Morgan fingerprint density at radius 1 is 1.24 bits per heavy atom. The molecular formula is C19H24ClN3OS. The zero-order chi connectivity index (χ0) is 16.5.